The Morgan fingerprint density at radius 1 is 0.912 bits per heavy atom. The molecule has 2 aromatic rings. The zero-order valence-corrected chi connectivity index (χ0v) is 18.3. The third kappa shape index (κ3) is 1.98. The topological polar surface area (TPSA) is 221 Å². The van der Waals surface area contributed by atoms with Crippen molar-refractivity contribution >= 4 is 23.5 Å². The summed E-state index contributed by atoms with van der Waals surface area (Å²) in [5.74, 6) is -8.11. The molecule has 180 valence electrons. The average molecular weight is 542 g/mol. The first-order valence-corrected chi connectivity index (χ1v) is 13.4. The van der Waals surface area contributed by atoms with Crippen molar-refractivity contribution in [2.45, 2.75) is 11.9 Å². The van der Waals surface area contributed by atoms with Gasteiger partial charge in [0.15, 0.2) is 11.1 Å². The number of ether oxygens (including phenoxy) is 1. The molecule has 11 heterocycles. The Hall–Kier alpha value is -2.59. The number of phosphoric acid groups is 3. The molecule has 0 aliphatic carbocycles. The van der Waals surface area contributed by atoms with Crippen LogP contribution in [0.1, 0.15) is 11.1 Å². The minimum atomic E-state index is -4.85. The Kier molecular flexibility index (Phi) is 3.07. The van der Waals surface area contributed by atoms with E-state index in [1.165, 1.54) is 0 Å². The van der Waals surface area contributed by atoms with Gasteiger partial charge in [-0.25, -0.2) is 45.7 Å². The Bertz CT molecular complexity index is 1640. The van der Waals surface area contributed by atoms with Crippen molar-refractivity contribution in [2.75, 3.05) is 13.2 Å². The van der Waals surface area contributed by atoms with E-state index in [1.807, 2.05) is 0 Å². The molecule has 0 radical (unpaired) electrons. The van der Waals surface area contributed by atoms with Gasteiger partial charge in [0.2, 0.25) is 11.6 Å². The molecule has 3 atom stereocenters. The molecule has 3 unspecified atom stereocenters. The van der Waals surface area contributed by atoms with E-state index in [2.05, 4.69) is 0 Å². The molecule has 2 aromatic heterocycles. The van der Waals surface area contributed by atoms with E-state index in [4.69, 9.17) is 55.1 Å². The second-order valence-electron chi connectivity index (χ2n) is 7.14. The van der Waals surface area contributed by atoms with Crippen molar-refractivity contribution in [3.63, 3.8) is 0 Å². The lowest BCUT2D eigenvalue weighted by Gasteiger charge is -2.49. The van der Waals surface area contributed by atoms with Crippen LogP contribution in [-0.4, -0.2) is 27.6 Å². The third-order valence-corrected chi connectivity index (χ3v) is 9.06. The zero-order chi connectivity index (χ0) is 23.5. The molecule has 9 aliphatic heterocycles. The van der Waals surface area contributed by atoms with Crippen LogP contribution in [0.25, 0.3) is 0 Å². The number of nitrogens with zero attached hydrogens (tertiary/aromatic N) is 2. The number of furan rings is 1. The summed E-state index contributed by atoms with van der Waals surface area (Å²) in [7, 11) is -14.4. The standard InChI is InChI=1S/C12H5N2O17P3/c15-1-2-21-8-3-5-9(22-8)25-32(18,23-5)26-11(3)13-7-4-6(16)14(10(13)17)31-33(19,24-7)28-12(4)29-34(20,27-11)30-12/h15H,1-2H2. The molecule has 11 rings (SSSR count). The minimum Gasteiger partial charge on any atom is -0.462 e. The maximum Gasteiger partial charge on any atom is 0.613 e. The van der Waals surface area contributed by atoms with E-state index in [1.54, 1.807) is 0 Å². The van der Waals surface area contributed by atoms with Crippen molar-refractivity contribution < 1.29 is 68.8 Å². The van der Waals surface area contributed by atoms with Crippen LogP contribution >= 0.6 is 23.5 Å². The van der Waals surface area contributed by atoms with Gasteiger partial charge in [-0.2, -0.15) is 0 Å². The van der Waals surface area contributed by atoms with Gasteiger partial charge in [0.1, 0.15) is 6.61 Å². The number of rotatable bonds is 3. The Labute approximate surface area is 182 Å². The van der Waals surface area contributed by atoms with Crippen LogP contribution in [0, 0.1) is 0 Å². The van der Waals surface area contributed by atoms with E-state index in [-0.39, 0.29) is 11.3 Å². The van der Waals surface area contributed by atoms with Crippen LogP contribution in [0.15, 0.2) is 14.0 Å². The second kappa shape index (κ2) is 5.31. The summed E-state index contributed by atoms with van der Waals surface area (Å²) >= 11 is 0. The van der Waals surface area contributed by atoms with Crippen molar-refractivity contribution in [3.05, 3.63) is 32.0 Å². The van der Waals surface area contributed by atoms with Crippen LogP contribution < -0.4 is 34.2 Å². The fourth-order valence-electron chi connectivity index (χ4n) is 4.07. The molecule has 9 aliphatic rings. The number of aromatic nitrogens is 2. The summed E-state index contributed by atoms with van der Waals surface area (Å²) in [5, 5.41) is 9.14. The lowest BCUT2D eigenvalue weighted by Crippen LogP contribution is -2.59. The fraction of sp³-hybridized carbons (Fsp3) is 0.333. The van der Waals surface area contributed by atoms with Gasteiger partial charge in [0.25, 0.3) is 0 Å². The third-order valence-electron chi connectivity index (χ3n) is 5.17. The number of aliphatic hydroxyl groups excluding tert-OH is 1. The number of hydrogen-bond acceptors (Lipinski definition) is 17. The normalized spacial score (nSPS) is 40.5. The van der Waals surface area contributed by atoms with Gasteiger partial charge in [-0.15, -0.1) is 0 Å². The quantitative estimate of drug-likeness (QED) is 0.496. The highest BCUT2D eigenvalue weighted by Gasteiger charge is 2.78. The minimum absolute atomic E-state index is 0.0226. The highest BCUT2D eigenvalue weighted by atomic mass is 31.2. The molecular weight excluding hydrogens is 537 g/mol. The molecule has 9 bridgehead atoms. The van der Waals surface area contributed by atoms with Gasteiger partial charge < -0.3 is 27.8 Å². The first-order chi connectivity index (χ1) is 16.0. The number of fused-ring (bicyclic) bond motifs is 1. The lowest BCUT2D eigenvalue weighted by molar-refractivity contribution is -0.368. The predicted octanol–water partition coefficient (Wildman–Crippen LogP) is -0.203. The van der Waals surface area contributed by atoms with Gasteiger partial charge in [0, 0.05) is 0 Å². The predicted molar refractivity (Wildman–Crippen MR) is 91.7 cm³/mol. The first kappa shape index (κ1) is 19.7. The first-order valence-electron chi connectivity index (χ1n) is 9.00. The monoisotopic (exact) mass is 542 g/mol. The van der Waals surface area contributed by atoms with Crippen LogP contribution in [0.5, 0.6) is 23.5 Å². The molecule has 0 saturated carbocycles. The lowest BCUT2D eigenvalue weighted by atomic mass is 10.2. The Balaban J connectivity index is 1.54. The number of aliphatic hydroxyl groups is 1. The molecule has 0 amide bonds. The molecular formula is C12H5N2O17P3. The molecule has 0 aromatic carbocycles. The largest absolute Gasteiger partial charge is 0.613 e. The van der Waals surface area contributed by atoms with Crippen LogP contribution in [0.3, 0.4) is 0 Å². The van der Waals surface area contributed by atoms with Gasteiger partial charge >= 0.3 is 58.5 Å². The number of hydrogen-bond donors (Lipinski definition) is 1. The van der Waals surface area contributed by atoms with E-state index in [9.17, 15) is 23.3 Å². The van der Waals surface area contributed by atoms with E-state index in [0.717, 1.165) is 0 Å². The fourth-order valence-corrected chi connectivity index (χ4v) is 8.32. The highest BCUT2D eigenvalue weighted by molar-refractivity contribution is 7.51. The van der Waals surface area contributed by atoms with Crippen molar-refractivity contribution in [1.82, 2.24) is 9.30 Å². The van der Waals surface area contributed by atoms with Crippen molar-refractivity contribution in [1.29, 1.82) is 0 Å². The Morgan fingerprint density at radius 3 is 2.41 bits per heavy atom. The summed E-state index contributed by atoms with van der Waals surface area (Å²) in [5.41, 5.74) is -4.05. The molecule has 22 heteroatoms. The summed E-state index contributed by atoms with van der Waals surface area (Å²) < 4.78 is 96.7. The smallest absolute Gasteiger partial charge is 0.462 e. The average Bonchev–Trinajstić information content (AvgIpc) is 3.05. The maximum atomic E-state index is 13.4. The highest BCUT2D eigenvalue weighted by Crippen LogP contribution is 2.81. The van der Waals surface area contributed by atoms with Crippen molar-refractivity contribution in [3.8, 4) is 23.5 Å². The molecule has 2 spiro atoms. The number of phosphoric ester groups is 3. The summed E-state index contributed by atoms with van der Waals surface area (Å²) in [6, 6.07) is 0. The van der Waals surface area contributed by atoms with E-state index < -0.39 is 87.9 Å². The molecule has 34 heavy (non-hydrogen) atoms. The molecule has 1 N–H and O–H groups in total. The van der Waals surface area contributed by atoms with Gasteiger partial charge in [-0.3, -0.25) is 9.42 Å². The van der Waals surface area contributed by atoms with Crippen LogP contribution in [-0.2, 0) is 48.2 Å². The van der Waals surface area contributed by atoms with Crippen LogP contribution in [0.2, 0.25) is 0 Å². The second-order valence-corrected chi connectivity index (χ2v) is 11.4. The summed E-state index contributed by atoms with van der Waals surface area (Å²) in [6.07, 6.45) is 0. The molecule has 1 fully saturated rings. The van der Waals surface area contributed by atoms with Crippen molar-refractivity contribution in [2.24, 2.45) is 0 Å². The summed E-state index contributed by atoms with van der Waals surface area (Å²) in [4.78, 5) is 26.3. The SMILES string of the molecule is O=c1c2c3n4c(=O)n1OP(=O)(O3)OC21OP(=O)(O1)OC41OP2(=O)Oc3oc(OCCO)c1c3O2. The maximum absolute atomic E-state index is 13.4. The zero-order valence-electron chi connectivity index (χ0n) is 15.6. The van der Waals surface area contributed by atoms with Gasteiger partial charge in [-0.05, 0) is 0 Å². The van der Waals surface area contributed by atoms with E-state index >= 15 is 0 Å². The van der Waals surface area contributed by atoms with Gasteiger partial charge in [0.05, 0.1) is 6.61 Å². The van der Waals surface area contributed by atoms with Gasteiger partial charge in [-0.1, -0.05) is 4.73 Å². The Morgan fingerprint density at radius 2 is 1.65 bits per heavy atom. The van der Waals surface area contributed by atoms with Crippen LogP contribution in [0.4, 0.5) is 0 Å². The molecule has 19 nitrogen and oxygen atoms in total. The molecule has 1 saturated heterocycles. The summed E-state index contributed by atoms with van der Waals surface area (Å²) in [6.45, 7) is -0.888. The van der Waals surface area contributed by atoms with E-state index in [0.29, 0.717) is 4.57 Å².